The minimum Gasteiger partial charge on any atom is -0.487 e. The molecule has 1 aromatic heterocycles. The van der Waals surface area contributed by atoms with Gasteiger partial charge in [0.1, 0.15) is 12.4 Å². The molecule has 134 valence electrons. The first-order valence-electron chi connectivity index (χ1n) is 8.41. The maximum Gasteiger partial charge on any atom is 0.258 e. The lowest BCUT2D eigenvalue weighted by Crippen LogP contribution is -2.36. The van der Waals surface area contributed by atoms with E-state index in [4.69, 9.17) is 4.74 Å². The van der Waals surface area contributed by atoms with Gasteiger partial charge in [0.15, 0.2) is 0 Å². The Morgan fingerprint density at radius 2 is 1.78 bits per heavy atom. The number of carbonyl (C=O) groups is 2. The number of nitrogens with one attached hydrogen (secondary N) is 1. The van der Waals surface area contributed by atoms with Gasteiger partial charge in [0.05, 0.1) is 10.7 Å². The van der Waals surface area contributed by atoms with E-state index in [9.17, 15) is 9.59 Å². The van der Waals surface area contributed by atoms with Gasteiger partial charge in [0, 0.05) is 16.5 Å². The predicted octanol–water partition coefficient (Wildman–Crippen LogP) is 3.84. The van der Waals surface area contributed by atoms with Crippen LogP contribution in [0.2, 0.25) is 0 Å². The molecular weight excluding hydrogens is 360 g/mol. The summed E-state index contributed by atoms with van der Waals surface area (Å²) in [7, 11) is 0. The van der Waals surface area contributed by atoms with Gasteiger partial charge in [-0.3, -0.25) is 14.9 Å². The highest BCUT2D eigenvalue weighted by Gasteiger charge is 2.26. The number of aromatic nitrogens is 1. The van der Waals surface area contributed by atoms with Crippen LogP contribution in [0, 0.1) is 6.92 Å². The van der Waals surface area contributed by atoms with Crippen LogP contribution >= 0.6 is 11.3 Å². The van der Waals surface area contributed by atoms with Gasteiger partial charge in [-0.05, 0) is 42.3 Å². The minimum atomic E-state index is -0.391. The molecule has 0 atom stereocenters. The smallest absolute Gasteiger partial charge is 0.258 e. The van der Waals surface area contributed by atoms with Crippen molar-refractivity contribution in [1.82, 2.24) is 10.3 Å². The summed E-state index contributed by atoms with van der Waals surface area (Å²) in [6.07, 6.45) is 1.77. The number of nitrogens with zero attached hydrogens (tertiary/aromatic N) is 1. The third-order valence-electron chi connectivity index (χ3n) is 4.18. The van der Waals surface area contributed by atoms with Crippen molar-refractivity contribution in [2.75, 3.05) is 0 Å². The van der Waals surface area contributed by atoms with Crippen LogP contribution < -0.4 is 10.1 Å². The van der Waals surface area contributed by atoms with Gasteiger partial charge in [-0.1, -0.05) is 30.3 Å². The first-order chi connectivity index (χ1) is 13.1. The van der Waals surface area contributed by atoms with Gasteiger partial charge < -0.3 is 4.74 Å². The van der Waals surface area contributed by atoms with Crippen molar-refractivity contribution in [3.8, 4) is 5.75 Å². The molecule has 4 rings (SSSR count). The van der Waals surface area contributed by atoms with E-state index >= 15 is 0 Å². The summed E-state index contributed by atoms with van der Waals surface area (Å²) < 4.78 is 5.74. The lowest BCUT2D eigenvalue weighted by Gasteiger charge is -2.18. The van der Waals surface area contributed by atoms with Crippen molar-refractivity contribution in [3.05, 3.63) is 81.3 Å². The second-order valence-corrected chi connectivity index (χ2v) is 7.16. The van der Waals surface area contributed by atoms with Gasteiger partial charge in [0.25, 0.3) is 11.8 Å². The Balaban J connectivity index is 1.54. The van der Waals surface area contributed by atoms with E-state index in [0.29, 0.717) is 23.3 Å². The number of rotatable bonds is 4. The average molecular weight is 376 g/mol. The van der Waals surface area contributed by atoms with Crippen LogP contribution in [0.5, 0.6) is 5.75 Å². The Morgan fingerprint density at radius 1 is 1.04 bits per heavy atom. The number of benzene rings is 2. The summed E-state index contributed by atoms with van der Waals surface area (Å²) in [5.41, 5.74) is 3.37. The van der Waals surface area contributed by atoms with Crippen molar-refractivity contribution >= 4 is 34.8 Å². The van der Waals surface area contributed by atoms with Gasteiger partial charge in [-0.25, -0.2) is 4.98 Å². The van der Waals surface area contributed by atoms with E-state index in [-0.39, 0.29) is 5.91 Å². The van der Waals surface area contributed by atoms with E-state index < -0.39 is 5.91 Å². The Kier molecular flexibility index (Phi) is 4.56. The van der Waals surface area contributed by atoms with E-state index in [1.54, 1.807) is 35.6 Å². The molecule has 0 radical (unpaired) electrons. The first-order valence-corrected chi connectivity index (χ1v) is 9.29. The highest BCUT2D eigenvalue weighted by Crippen LogP contribution is 2.26. The van der Waals surface area contributed by atoms with Crippen molar-refractivity contribution in [1.29, 1.82) is 0 Å². The zero-order chi connectivity index (χ0) is 18.8. The third kappa shape index (κ3) is 3.66. The maximum atomic E-state index is 12.3. The number of carbonyl (C=O) groups excluding carboxylic acids is 2. The molecule has 3 aromatic rings. The lowest BCUT2D eigenvalue weighted by molar-refractivity contribution is -0.114. The fourth-order valence-electron chi connectivity index (χ4n) is 2.88. The van der Waals surface area contributed by atoms with Gasteiger partial charge in [-0.2, -0.15) is 0 Å². The van der Waals surface area contributed by atoms with Crippen LogP contribution in [0.15, 0.2) is 53.9 Å². The molecule has 2 amide bonds. The predicted molar refractivity (Wildman–Crippen MR) is 104 cm³/mol. The number of thiazole rings is 1. The zero-order valence-electron chi connectivity index (χ0n) is 14.6. The molecule has 1 aliphatic rings. The standard InChI is InChI=1S/C21H16N2O3S/c1-13-22-15(12-27-13)11-26-16-8-6-14(7-9-16)10-19-17-4-2-3-5-18(17)20(24)23-21(19)25/h2-10,12H,11H2,1H3,(H,23,24,25). The Labute approximate surface area is 160 Å². The fourth-order valence-corrected chi connectivity index (χ4v) is 3.48. The summed E-state index contributed by atoms with van der Waals surface area (Å²) in [6.45, 7) is 2.38. The molecule has 0 fully saturated rings. The van der Waals surface area contributed by atoms with Crippen LogP contribution in [0.25, 0.3) is 11.6 Å². The van der Waals surface area contributed by atoms with Gasteiger partial charge in [-0.15, -0.1) is 11.3 Å². The summed E-state index contributed by atoms with van der Waals surface area (Å²) in [5, 5.41) is 5.38. The monoisotopic (exact) mass is 376 g/mol. The van der Waals surface area contributed by atoms with Gasteiger partial charge in [0.2, 0.25) is 0 Å². The first kappa shape index (κ1) is 17.2. The van der Waals surface area contributed by atoms with Crippen LogP contribution in [0.4, 0.5) is 0 Å². The molecule has 2 aromatic carbocycles. The molecule has 0 spiro atoms. The maximum absolute atomic E-state index is 12.3. The number of aryl methyl sites for hydroxylation is 1. The van der Waals surface area contributed by atoms with Crippen LogP contribution in [-0.4, -0.2) is 16.8 Å². The molecule has 0 bridgehead atoms. The van der Waals surface area contributed by atoms with E-state index in [2.05, 4.69) is 10.3 Å². The number of ether oxygens (including phenoxy) is 1. The van der Waals surface area contributed by atoms with E-state index in [0.717, 1.165) is 22.0 Å². The highest BCUT2D eigenvalue weighted by atomic mass is 32.1. The van der Waals surface area contributed by atoms with Crippen molar-refractivity contribution in [2.24, 2.45) is 0 Å². The topological polar surface area (TPSA) is 68.3 Å². The zero-order valence-corrected chi connectivity index (χ0v) is 15.4. The summed E-state index contributed by atoms with van der Waals surface area (Å²) >= 11 is 1.60. The molecule has 6 heteroatoms. The lowest BCUT2D eigenvalue weighted by atomic mass is 9.93. The number of hydrogen-bond acceptors (Lipinski definition) is 5. The molecule has 0 saturated heterocycles. The van der Waals surface area contributed by atoms with Crippen LogP contribution in [-0.2, 0) is 11.4 Å². The van der Waals surface area contributed by atoms with Crippen LogP contribution in [0.1, 0.15) is 32.2 Å². The van der Waals surface area contributed by atoms with Gasteiger partial charge >= 0.3 is 0 Å². The number of fused-ring (bicyclic) bond motifs is 1. The molecule has 0 aliphatic carbocycles. The highest BCUT2D eigenvalue weighted by molar-refractivity contribution is 7.09. The molecule has 1 N–H and O–H groups in total. The summed E-state index contributed by atoms with van der Waals surface area (Å²) in [6, 6.07) is 14.5. The Morgan fingerprint density at radius 3 is 2.48 bits per heavy atom. The van der Waals surface area contributed by atoms with Crippen LogP contribution in [0.3, 0.4) is 0 Å². The largest absolute Gasteiger partial charge is 0.487 e. The third-order valence-corrected chi connectivity index (χ3v) is 5.00. The molecule has 1 aliphatic heterocycles. The Bertz CT molecular complexity index is 1050. The SMILES string of the molecule is Cc1nc(COc2ccc(C=C3C(=O)NC(=O)c4ccccc43)cc2)cs1. The van der Waals surface area contributed by atoms with Crippen molar-refractivity contribution < 1.29 is 14.3 Å². The molecular formula is C21H16N2O3S. The second kappa shape index (κ2) is 7.17. The molecule has 27 heavy (non-hydrogen) atoms. The normalized spacial score (nSPS) is 14.8. The minimum absolute atomic E-state index is 0.367. The van der Waals surface area contributed by atoms with E-state index in [1.807, 2.05) is 42.6 Å². The number of imide groups is 1. The fraction of sp³-hybridized carbons (Fsp3) is 0.0952. The summed E-state index contributed by atoms with van der Waals surface area (Å²) in [5.74, 6) is -0.0295. The molecule has 5 nitrogen and oxygen atoms in total. The molecule has 2 heterocycles. The average Bonchev–Trinajstić information content (AvgIpc) is 3.10. The van der Waals surface area contributed by atoms with Crippen molar-refractivity contribution in [3.63, 3.8) is 0 Å². The quantitative estimate of drug-likeness (QED) is 0.555. The number of hydrogen-bond donors (Lipinski definition) is 1. The number of amides is 2. The Hall–Kier alpha value is -3.25. The van der Waals surface area contributed by atoms with Crippen molar-refractivity contribution in [2.45, 2.75) is 13.5 Å². The molecule has 0 unspecified atom stereocenters. The van der Waals surface area contributed by atoms with E-state index in [1.165, 1.54) is 0 Å². The molecule has 0 saturated carbocycles. The second-order valence-electron chi connectivity index (χ2n) is 6.10. The summed E-state index contributed by atoms with van der Waals surface area (Å²) in [4.78, 5) is 28.6.